The van der Waals surface area contributed by atoms with Crippen LogP contribution >= 0.6 is 15.9 Å². The average molecular weight is 280 g/mol. The molecule has 0 saturated heterocycles. The summed E-state index contributed by atoms with van der Waals surface area (Å²) in [7, 11) is 0. The van der Waals surface area contributed by atoms with Gasteiger partial charge in [0, 0.05) is 11.0 Å². The summed E-state index contributed by atoms with van der Waals surface area (Å²) in [5.74, 6) is 0.125. The Hall–Kier alpha value is -1.55. The van der Waals surface area contributed by atoms with Crippen molar-refractivity contribution in [2.75, 3.05) is 0 Å². The Morgan fingerprint density at radius 3 is 2.88 bits per heavy atom. The van der Waals surface area contributed by atoms with Gasteiger partial charge < -0.3 is 9.73 Å². The number of rotatable bonds is 3. The quantitative estimate of drug-likeness (QED) is 0.939. The molecule has 0 fully saturated rings. The number of hydrogen-bond donors (Lipinski definition) is 1. The van der Waals surface area contributed by atoms with Gasteiger partial charge in [0.2, 0.25) is 0 Å². The number of halogens is 1. The van der Waals surface area contributed by atoms with E-state index in [4.69, 9.17) is 4.42 Å². The van der Waals surface area contributed by atoms with Crippen LogP contribution in [0.25, 0.3) is 0 Å². The minimum Gasteiger partial charge on any atom is -0.459 e. The summed E-state index contributed by atoms with van der Waals surface area (Å²) in [4.78, 5) is 11.5. The Kier molecular flexibility index (Phi) is 3.41. The van der Waals surface area contributed by atoms with Crippen molar-refractivity contribution >= 4 is 21.8 Å². The van der Waals surface area contributed by atoms with E-state index >= 15 is 0 Å². The Morgan fingerprint density at radius 2 is 2.19 bits per heavy atom. The van der Waals surface area contributed by atoms with Gasteiger partial charge in [-0.1, -0.05) is 28.1 Å². The summed E-state index contributed by atoms with van der Waals surface area (Å²) in [6.07, 6.45) is 1.48. The molecular weight excluding hydrogens is 270 g/mol. The zero-order valence-corrected chi connectivity index (χ0v) is 10.0. The van der Waals surface area contributed by atoms with Crippen LogP contribution < -0.4 is 5.32 Å². The maximum Gasteiger partial charge on any atom is 0.287 e. The normalized spacial score (nSPS) is 10.1. The van der Waals surface area contributed by atoms with Gasteiger partial charge >= 0.3 is 0 Å². The van der Waals surface area contributed by atoms with Crippen molar-refractivity contribution in [3.8, 4) is 0 Å². The van der Waals surface area contributed by atoms with Crippen LogP contribution in [0.1, 0.15) is 16.1 Å². The van der Waals surface area contributed by atoms with Crippen molar-refractivity contribution in [1.29, 1.82) is 0 Å². The van der Waals surface area contributed by atoms with Gasteiger partial charge in [-0.05, 0) is 29.8 Å². The minimum absolute atomic E-state index is 0.204. The minimum atomic E-state index is -0.204. The first-order chi connectivity index (χ1) is 7.75. The van der Waals surface area contributed by atoms with Gasteiger partial charge in [0.15, 0.2) is 5.76 Å². The highest BCUT2D eigenvalue weighted by molar-refractivity contribution is 9.10. The summed E-state index contributed by atoms with van der Waals surface area (Å²) in [6, 6.07) is 11.1. The van der Waals surface area contributed by atoms with Crippen LogP contribution in [-0.2, 0) is 6.54 Å². The number of amides is 1. The van der Waals surface area contributed by atoms with Crippen molar-refractivity contribution in [2.24, 2.45) is 0 Å². The van der Waals surface area contributed by atoms with Gasteiger partial charge in [0.1, 0.15) is 0 Å². The third-order valence-corrected chi connectivity index (χ3v) is 2.58. The fourth-order valence-electron chi connectivity index (χ4n) is 1.32. The van der Waals surface area contributed by atoms with E-state index in [0.29, 0.717) is 12.3 Å². The summed E-state index contributed by atoms with van der Waals surface area (Å²) >= 11 is 3.38. The van der Waals surface area contributed by atoms with E-state index in [2.05, 4.69) is 21.2 Å². The van der Waals surface area contributed by atoms with E-state index in [1.165, 1.54) is 6.26 Å². The number of hydrogen-bond acceptors (Lipinski definition) is 2. The number of carbonyl (C=O) groups excluding carboxylic acids is 1. The molecule has 0 radical (unpaired) electrons. The van der Waals surface area contributed by atoms with Crippen molar-refractivity contribution in [3.63, 3.8) is 0 Å². The number of carbonyl (C=O) groups is 1. The van der Waals surface area contributed by atoms with Gasteiger partial charge in [-0.3, -0.25) is 4.79 Å². The number of nitrogens with one attached hydrogen (secondary N) is 1. The highest BCUT2D eigenvalue weighted by atomic mass is 79.9. The van der Waals surface area contributed by atoms with E-state index in [9.17, 15) is 4.79 Å². The van der Waals surface area contributed by atoms with Crippen molar-refractivity contribution in [3.05, 3.63) is 58.5 Å². The molecule has 4 heteroatoms. The summed E-state index contributed by atoms with van der Waals surface area (Å²) in [5.41, 5.74) is 1.04. The molecule has 0 spiro atoms. The van der Waals surface area contributed by atoms with Gasteiger partial charge in [0.25, 0.3) is 5.91 Å². The second-order valence-corrected chi connectivity index (χ2v) is 4.21. The summed E-state index contributed by atoms with van der Waals surface area (Å²) in [5, 5.41) is 2.78. The Balaban J connectivity index is 1.95. The highest BCUT2D eigenvalue weighted by Crippen LogP contribution is 2.11. The van der Waals surface area contributed by atoms with Crippen LogP contribution in [0.15, 0.2) is 51.6 Å². The molecule has 3 nitrogen and oxygen atoms in total. The van der Waals surface area contributed by atoms with Gasteiger partial charge in [0.05, 0.1) is 6.26 Å². The average Bonchev–Trinajstić information content (AvgIpc) is 2.79. The first-order valence-electron chi connectivity index (χ1n) is 4.82. The monoisotopic (exact) mass is 279 g/mol. The summed E-state index contributed by atoms with van der Waals surface area (Å²) < 4.78 is 5.98. The predicted octanol–water partition coefficient (Wildman–Crippen LogP) is 2.97. The third-order valence-electron chi connectivity index (χ3n) is 2.09. The topological polar surface area (TPSA) is 42.2 Å². The summed E-state index contributed by atoms with van der Waals surface area (Å²) in [6.45, 7) is 0.485. The molecule has 1 amide bonds. The lowest BCUT2D eigenvalue weighted by atomic mass is 10.2. The van der Waals surface area contributed by atoms with E-state index in [0.717, 1.165) is 10.0 Å². The molecule has 0 aliphatic rings. The van der Waals surface area contributed by atoms with Crippen LogP contribution in [0.4, 0.5) is 0 Å². The van der Waals surface area contributed by atoms with Gasteiger partial charge in [-0.2, -0.15) is 0 Å². The molecule has 0 bridgehead atoms. The van der Waals surface area contributed by atoms with Crippen LogP contribution in [0, 0.1) is 0 Å². The number of furan rings is 1. The fraction of sp³-hybridized carbons (Fsp3) is 0.0833. The zero-order chi connectivity index (χ0) is 11.4. The molecule has 1 aromatic heterocycles. The largest absolute Gasteiger partial charge is 0.459 e. The maximum absolute atomic E-state index is 11.5. The predicted molar refractivity (Wildman–Crippen MR) is 64.0 cm³/mol. The van der Waals surface area contributed by atoms with E-state index in [1.807, 2.05) is 24.3 Å². The lowest BCUT2D eigenvalue weighted by Gasteiger charge is -2.03. The Bertz CT molecular complexity index is 480. The molecular formula is C12H10BrNO2. The molecule has 0 saturated carbocycles. The molecule has 0 atom stereocenters. The van der Waals surface area contributed by atoms with Gasteiger partial charge in [-0.15, -0.1) is 0 Å². The molecule has 0 aliphatic heterocycles. The standard InChI is InChI=1S/C12H10BrNO2/c13-10-4-1-3-9(7-10)8-14-12(15)11-5-2-6-16-11/h1-7H,8H2,(H,14,15). The lowest BCUT2D eigenvalue weighted by molar-refractivity contribution is 0.0923. The van der Waals surface area contributed by atoms with E-state index < -0.39 is 0 Å². The highest BCUT2D eigenvalue weighted by Gasteiger charge is 2.07. The molecule has 0 unspecified atom stereocenters. The first kappa shape index (κ1) is 11.0. The Morgan fingerprint density at radius 1 is 1.31 bits per heavy atom. The van der Waals surface area contributed by atoms with E-state index in [1.54, 1.807) is 12.1 Å². The molecule has 1 heterocycles. The second-order valence-electron chi connectivity index (χ2n) is 3.29. The molecule has 2 aromatic rings. The number of benzene rings is 1. The van der Waals surface area contributed by atoms with Crippen molar-refractivity contribution < 1.29 is 9.21 Å². The fourth-order valence-corrected chi connectivity index (χ4v) is 1.77. The van der Waals surface area contributed by atoms with Crippen molar-refractivity contribution in [1.82, 2.24) is 5.32 Å². The first-order valence-corrected chi connectivity index (χ1v) is 5.61. The van der Waals surface area contributed by atoms with E-state index in [-0.39, 0.29) is 5.91 Å². The van der Waals surface area contributed by atoms with Crippen LogP contribution in [0.5, 0.6) is 0 Å². The zero-order valence-electron chi connectivity index (χ0n) is 8.44. The lowest BCUT2D eigenvalue weighted by Crippen LogP contribution is -2.22. The van der Waals surface area contributed by atoms with Gasteiger partial charge in [-0.25, -0.2) is 0 Å². The van der Waals surface area contributed by atoms with Crippen LogP contribution in [0.3, 0.4) is 0 Å². The second kappa shape index (κ2) is 4.99. The molecule has 1 aromatic carbocycles. The molecule has 82 valence electrons. The third kappa shape index (κ3) is 2.73. The van der Waals surface area contributed by atoms with Crippen molar-refractivity contribution in [2.45, 2.75) is 6.54 Å². The Labute approximate surface area is 102 Å². The maximum atomic E-state index is 11.5. The molecule has 0 aliphatic carbocycles. The molecule has 2 rings (SSSR count). The molecule has 16 heavy (non-hydrogen) atoms. The molecule has 1 N–H and O–H groups in total. The SMILES string of the molecule is O=C(NCc1cccc(Br)c1)c1ccco1. The smallest absolute Gasteiger partial charge is 0.287 e. The van der Waals surface area contributed by atoms with Crippen LogP contribution in [0.2, 0.25) is 0 Å². The van der Waals surface area contributed by atoms with Crippen LogP contribution in [-0.4, -0.2) is 5.91 Å².